The highest BCUT2D eigenvalue weighted by Crippen LogP contribution is 2.00. The molecule has 0 bridgehead atoms. The molecule has 1 aliphatic heterocycles. The van der Waals surface area contributed by atoms with Crippen LogP contribution < -0.4 is 11.1 Å². The third kappa shape index (κ3) is 3.69. The van der Waals surface area contributed by atoms with Crippen molar-refractivity contribution in [3.05, 3.63) is 0 Å². The molecule has 0 aromatic carbocycles. The van der Waals surface area contributed by atoms with Crippen molar-refractivity contribution in [2.75, 3.05) is 32.8 Å². The number of nitrogens with two attached hydrogens (primary N) is 1. The normalized spacial score (nSPS) is 19.4. The number of carbonyl (C=O) groups excluding carboxylic acids is 1. The zero-order chi connectivity index (χ0) is 12.0. The fourth-order valence-corrected chi connectivity index (χ4v) is 1.56. The van der Waals surface area contributed by atoms with Gasteiger partial charge in [-0.3, -0.25) is 9.79 Å². The molecular weight excluding hydrogens is 208 g/mol. The summed E-state index contributed by atoms with van der Waals surface area (Å²) < 4.78 is 5.19. The molecule has 1 heterocycles. The van der Waals surface area contributed by atoms with Gasteiger partial charge in [-0.25, -0.2) is 0 Å². The second-order valence-electron chi connectivity index (χ2n) is 3.66. The first-order valence-electron chi connectivity index (χ1n) is 5.58. The lowest BCUT2D eigenvalue weighted by Crippen LogP contribution is -2.51. The Balaban J connectivity index is 2.43. The van der Waals surface area contributed by atoms with Gasteiger partial charge in [-0.15, -0.1) is 0 Å². The van der Waals surface area contributed by atoms with Crippen molar-refractivity contribution >= 4 is 11.9 Å². The van der Waals surface area contributed by atoms with Crippen molar-refractivity contribution in [1.29, 1.82) is 0 Å². The van der Waals surface area contributed by atoms with Gasteiger partial charge in [-0.1, -0.05) is 0 Å². The van der Waals surface area contributed by atoms with Crippen LogP contribution in [-0.2, 0) is 9.53 Å². The van der Waals surface area contributed by atoms with Gasteiger partial charge >= 0.3 is 0 Å². The maximum Gasteiger partial charge on any atom is 0.245 e. The van der Waals surface area contributed by atoms with Gasteiger partial charge in [0.25, 0.3) is 0 Å². The number of carbonyl (C=O) groups is 1. The molecule has 92 valence electrons. The molecule has 0 radical (unpaired) electrons. The first-order valence-corrected chi connectivity index (χ1v) is 5.58. The summed E-state index contributed by atoms with van der Waals surface area (Å²) in [7, 11) is 0. The van der Waals surface area contributed by atoms with Crippen molar-refractivity contribution in [2.24, 2.45) is 10.7 Å². The van der Waals surface area contributed by atoms with Gasteiger partial charge in [-0.05, 0) is 13.8 Å². The molecule has 3 N–H and O–H groups in total. The number of nitrogens with zero attached hydrogens (tertiary/aromatic N) is 2. The maximum absolute atomic E-state index is 11.9. The number of guanidine groups is 1. The number of nitrogens with one attached hydrogen (secondary N) is 1. The van der Waals surface area contributed by atoms with Crippen LogP contribution in [0, 0.1) is 0 Å². The fourth-order valence-electron chi connectivity index (χ4n) is 1.56. The molecule has 0 aliphatic carbocycles. The molecule has 1 amide bonds. The van der Waals surface area contributed by atoms with Crippen molar-refractivity contribution in [2.45, 2.75) is 19.9 Å². The lowest BCUT2D eigenvalue weighted by Gasteiger charge is -2.29. The summed E-state index contributed by atoms with van der Waals surface area (Å²) in [4.78, 5) is 17.7. The standard InChI is InChI=1S/C10H20N4O2/c1-3-12-10(11)13-8(2)9(15)14-4-6-16-7-5-14/h8H,3-7H2,1-2H3,(H3,11,12,13). The monoisotopic (exact) mass is 228 g/mol. The van der Waals surface area contributed by atoms with E-state index in [-0.39, 0.29) is 11.9 Å². The van der Waals surface area contributed by atoms with Crippen LogP contribution in [0.1, 0.15) is 13.8 Å². The minimum absolute atomic E-state index is 0.0394. The van der Waals surface area contributed by atoms with E-state index in [9.17, 15) is 4.79 Å². The van der Waals surface area contributed by atoms with Crippen LogP contribution in [-0.4, -0.2) is 55.7 Å². The highest BCUT2D eigenvalue weighted by molar-refractivity contribution is 5.88. The number of rotatable bonds is 3. The molecule has 1 saturated heterocycles. The Labute approximate surface area is 95.8 Å². The van der Waals surface area contributed by atoms with Crippen molar-refractivity contribution in [1.82, 2.24) is 10.2 Å². The Kier molecular flexibility index (Phi) is 5.04. The minimum atomic E-state index is -0.339. The number of aliphatic imine (C=N–C) groups is 1. The number of amides is 1. The highest BCUT2D eigenvalue weighted by atomic mass is 16.5. The zero-order valence-corrected chi connectivity index (χ0v) is 9.90. The van der Waals surface area contributed by atoms with E-state index >= 15 is 0 Å². The van der Waals surface area contributed by atoms with E-state index in [0.29, 0.717) is 38.8 Å². The van der Waals surface area contributed by atoms with E-state index in [1.54, 1.807) is 11.8 Å². The van der Waals surface area contributed by atoms with Gasteiger partial charge in [0.05, 0.1) is 13.2 Å². The Morgan fingerprint density at radius 3 is 2.75 bits per heavy atom. The summed E-state index contributed by atoms with van der Waals surface area (Å²) in [6.45, 7) is 6.80. The van der Waals surface area contributed by atoms with Gasteiger partial charge in [0, 0.05) is 19.6 Å². The van der Waals surface area contributed by atoms with Crippen molar-refractivity contribution < 1.29 is 9.53 Å². The molecule has 0 spiro atoms. The zero-order valence-electron chi connectivity index (χ0n) is 9.90. The van der Waals surface area contributed by atoms with Crippen LogP contribution >= 0.6 is 0 Å². The van der Waals surface area contributed by atoms with Crippen LogP contribution in [0.2, 0.25) is 0 Å². The van der Waals surface area contributed by atoms with E-state index in [1.807, 2.05) is 6.92 Å². The number of morpholine rings is 1. The molecule has 1 atom stereocenters. The summed E-state index contributed by atoms with van der Waals surface area (Å²) in [5.74, 6) is 0.356. The Bertz CT molecular complexity index is 262. The molecular formula is C10H20N4O2. The lowest BCUT2D eigenvalue weighted by atomic mass is 10.2. The van der Waals surface area contributed by atoms with Gasteiger partial charge in [0.15, 0.2) is 5.96 Å². The van der Waals surface area contributed by atoms with Gasteiger partial charge in [-0.2, -0.15) is 0 Å². The predicted octanol–water partition coefficient (Wildman–Crippen LogP) is -0.842. The second kappa shape index (κ2) is 6.32. The first-order chi connectivity index (χ1) is 7.65. The molecule has 6 heteroatoms. The van der Waals surface area contributed by atoms with Crippen LogP contribution in [0.15, 0.2) is 4.99 Å². The third-order valence-electron chi connectivity index (χ3n) is 2.39. The van der Waals surface area contributed by atoms with Crippen LogP contribution in [0.5, 0.6) is 0 Å². The fraction of sp³-hybridized carbons (Fsp3) is 0.800. The SMILES string of the molecule is CCN=C(N)NC(C)C(=O)N1CCOCC1. The van der Waals surface area contributed by atoms with Gasteiger partial charge < -0.3 is 20.7 Å². The predicted molar refractivity (Wildman–Crippen MR) is 62.2 cm³/mol. The van der Waals surface area contributed by atoms with E-state index in [4.69, 9.17) is 10.5 Å². The van der Waals surface area contributed by atoms with Crippen LogP contribution in [0.4, 0.5) is 0 Å². The van der Waals surface area contributed by atoms with Crippen molar-refractivity contribution in [3.8, 4) is 0 Å². The van der Waals surface area contributed by atoms with Gasteiger partial charge in [0.2, 0.25) is 5.91 Å². The highest BCUT2D eigenvalue weighted by Gasteiger charge is 2.22. The van der Waals surface area contributed by atoms with Crippen molar-refractivity contribution in [3.63, 3.8) is 0 Å². The molecule has 0 aromatic rings. The molecule has 6 nitrogen and oxygen atoms in total. The molecule has 1 unspecified atom stereocenters. The van der Waals surface area contributed by atoms with E-state index in [2.05, 4.69) is 10.3 Å². The summed E-state index contributed by atoms with van der Waals surface area (Å²) in [5.41, 5.74) is 5.60. The number of hydrogen-bond acceptors (Lipinski definition) is 3. The smallest absolute Gasteiger partial charge is 0.245 e. The maximum atomic E-state index is 11.9. The number of ether oxygens (including phenoxy) is 1. The Hall–Kier alpha value is -1.30. The first kappa shape index (κ1) is 12.8. The van der Waals surface area contributed by atoms with E-state index < -0.39 is 0 Å². The average Bonchev–Trinajstić information content (AvgIpc) is 2.29. The topological polar surface area (TPSA) is 79.9 Å². The summed E-state index contributed by atoms with van der Waals surface area (Å²) in [6.07, 6.45) is 0. The summed E-state index contributed by atoms with van der Waals surface area (Å²) in [6, 6.07) is -0.339. The average molecular weight is 228 g/mol. The minimum Gasteiger partial charge on any atom is -0.378 e. The van der Waals surface area contributed by atoms with E-state index in [0.717, 1.165) is 0 Å². The summed E-state index contributed by atoms with van der Waals surface area (Å²) >= 11 is 0. The molecule has 0 aromatic heterocycles. The second-order valence-corrected chi connectivity index (χ2v) is 3.66. The van der Waals surface area contributed by atoms with Crippen LogP contribution in [0.3, 0.4) is 0 Å². The summed E-state index contributed by atoms with van der Waals surface area (Å²) in [5, 5.41) is 2.87. The Morgan fingerprint density at radius 1 is 1.56 bits per heavy atom. The molecule has 1 aliphatic rings. The van der Waals surface area contributed by atoms with Gasteiger partial charge in [0.1, 0.15) is 6.04 Å². The molecule has 1 rings (SSSR count). The van der Waals surface area contributed by atoms with E-state index in [1.165, 1.54) is 0 Å². The lowest BCUT2D eigenvalue weighted by molar-refractivity contribution is -0.136. The quantitative estimate of drug-likeness (QED) is 0.487. The molecule has 0 saturated carbocycles. The number of hydrogen-bond donors (Lipinski definition) is 2. The molecule has 16 heavy (non-hydrogen) atoms. The Morgan fingerprint density at radius 2 is 2.19 bits per heavy atom. The third-order valence-corrected chi connectivity index (χ3v) is 2.39. The largest absolute Gasteiger partial charge is 0.378 e. The molecule has 1 fully saturated rings. The van der Waals surface area contributed by atoms with Crippen LogP contribution in [0.25, 0.3) is 0 Å².